The molecule has 7 heteroatoms. The SMILES string of the molecule is O=C(CNCC(F)(F)CO)Nc1ccccc1Br. The molecule has 0 bridgehead atoms. The lowest BCUT2D eigenvalue weighted by Crippen LogP contribution is -2.39. The Morgan fingerprint density at radius 1 is 1.39 bits per heavy atom. The smallest absolute Gasteiger partial charge is 0.282 e. The van der Waals surface area contributed by atoms with Crippen LogP contribution in [0.15, 0.2) is 28.7 Å². The molecule has 0 spiro atoms. The fourth-order valence-electron chi connectivity index (χ4n) is 1.17. The maximum Gasteiger partial charge on any atom is 0.282 e. The number of carbonyl (C=O) groups excluding carboxylic acids is 1. The van der Waals surface area contributed by atoms with E-state index in [0.29, 0.717) is 10.2 Å². The summed E-state index contributed by atoms with van der Waals surface area (Å²) in [6.07, 6.45) is 0. The van der Waals surface area contributed by atoms with Crippen molar-refractivity contribution in [1.29, 1.82) is 0 Å². The van der Waals surface area contributed by atoms with Gasteiger partial charge in [-0.05, 0) is 28.1 Å². The first-order chi connectivity index (χ1) is 8.44. The molecular weight excluding hydrogens is 310 g/mol. The second-order valence-corrected chi connectivity index (χ2v) is 4.50. The zero-order chi connectivity index (χ0) is 13.6. The third kappa shape index (κ3) is 5.07. The van der Waals surface area contributed by atoms with Crippen molar-refractivity contribution in [2.45, 2.75) is 5.92 Å². The number of hydrogen-bond donors (Lipinski definition) is 3. The quantitative estimate of drug-likeness (QED) is 0.745. The summed E-state index contributed by atoms with van der Waals surface area (Å²) in [5.41, 5.74) is 0.568. The predicted octanol–water partition coefficient (Wildman–Crippen LogP) is 1.60. The molecule has 0 saturated carbocycles. The summed E-state index contributed by atoms with van der Waals surface area (Å²) in [5, 5.41) is 13.2. The maximum atomic E-state index is 12.6. The molecule has 0 fully saturated rings. The number of aliphatic hydroxyl groups excluding tert-OH is 1. The van der Waals surface area contributed by atoms with Gasteiger partial charge in [0.1, 0.15) is 6.61 Å². The molecule has 0 unspecified atom stereocenters. The van der Waals surface area contributed by atoms with Crippen LogP contribution >= 0.6 is 15.9 Å². The minimum atomic E-state index is -3.21. The molecule has 0 aliphatic rings. The van der Waals surface area contributed by atoms with Crippen LogP contribution in [0.25, 0.3) is 0 Å². The third-order valence-electron chi connectivity index (χ3n) is 2.05. The van der Waals surface area contributed by atoms with Crippen LogP contribution in [0.5, 0.6) is 0 Å². The molecule has 3 N–H and O–H groups in total. The highest BCUT2D eigenvalue weighted by Gasteiger charge is 2.27. The van der Waals surface area contributed by atoms with Gasteiger partial charge in [-0.1, -0.05) is 12.1 Å². The average Bonchev–Trinajstić information content (AvgIpc) is 2.32. The largest absolute Gasteiger partial charge is 0.390 e. The zero-order valence-electron chi connectivity index (χ0n) is 9.42. The van der Waals surface area contributed by atoms with Crippen molar-refractivity contribution >= 4 is 27.5 Å². The Labute approximate surface area is 112 Å². The van der Waals surface area contributed by atoms with E-state index >= 15 is 0 Å². The van der Waals surface area contributed by atoms with E-state index < -0.39 is 25.0 Å². The van der Waals surface area contributed by atoms with Crippen molar-refractivity contribution in [2.75, 3.05) is 25.0 Å². The number of alkyl halides is 2. The van der Waals surface area contributed by atoms with Gasteiger partial charge in [0.15, 0.2) is 0 Å². The van der Waals surface area contributed by atoms with E-state index in [9.17, 15) is 13.6 Å². The minimum absolute atomic E-state index is 0.253. The van der Waals surface area contributed by atoms with Crippen molar-refractivity contribution in [3.05, 3.63) is 28.7 Å². The lowest BCUT2D eigenvalue weighted by molar-refractivity contribution is -0.115. The number of benzene rings is 1. The number of hydrogen-bond acceptors (Lipinski definition) is 3. The molecule has 4 nitrogen and oxygen atoms in total. The van der Waals surface area contributed by atoms with E-state index in [2.05, 4.69) is 26.6 Å². The molecule has 18 heavy (non-hydrogen) atoms. The molecule has 1 amide bonds. The number of carbonyl (C=O) groups is 1. The summed E-state index contributed by atoms with van der Waals surface area (Å²) >= 11 is 3.25. The minimum Gasteiger partial charge on any atom is -0.390 e. The Morgan fingerprint density at radius 2 is 2.06 bits per heavy atom. The van der Waals surface area contributed by atoms with Gasteiger partial charge in [-0.25, -0.2) is 8.78 Å². The Hall–Kier alpha value is -1.05. The lowest BCUT2D eigenvalue weighted by Gasteiger charge is -2.14. The standard InChI is InChI=1S/C11H13BrF2N2O2/c12-8-3-1-2-4-9(8)16-10(18)5-15-6-11(13,14)7-17/h1-4,15,17H,5-7H2,(H,16,18). The van der Waals surface area contributed by atoms with Crippen molar-refractivity contribution in [3.8, 4) is 0 Å². The first kappa shape index (κ1) is 15.0. The van der Waals surface area contributed by atoms with E-state index in [1.807, 2.05) is 0 Å². The van der Waals surface area contributed by atoms with Gasteiger partial charge in [-0.3, -0.25) is 4.79 Å². The van der Waals surface area contributed by atoms with Gasteiger partial charge in [0.05, 0.1) is 18.8 Å². The highest BCUT2D eigenvalue weighted by molar-refractivity contribution is 9.10. The second kappa shape index (κ2) is 6.77. The number of halogens is 3. The molecule has 1 aromatic carbocycles. The van der Waals surface area contributed by atoms with E-state index in [-0.39, 0.29) is 6.54 Å². The van der Waals surface area contributed by atoms with Gasteiger partial charge < -0.3 is 15.7 Å². The average molecular weight is 323 g/mol. The van der Waals surface area contributed by atoms with E-state index in [1.54, 1.807) is 24.3 Å². The molecule has 1 aromatic rings. The maximum absolute atomic E-state index is 12.6. The van der Waals surface area contributed by atoms with Crippen LogP contribution in [0, 0.1) is 0 Å². The molecule has 0 heterocycles. The number of rotatable bonds is 6. The number of amides is 1. The molecule has 100 valence electrons. The predicted molar refractivity (Wildman–Crippen MR) is 67.7 cm³/mol. The van der Waals surface area contributed by atoms with E-state index in [0.717, 1.165) is 0 Å². The fourth-order valence-corrected chi connectivity index (χ4v) is 1.56. The van der Waals surface area contributed by atoms with Crippen molar-refractivity contribution in [2.24, 2.45) is 0 Å². The zero-order valence-corrected chi connectivity index (χ0v) is 11.0. The van der Waals surface area contributed by atoms with Crippen LogP contribution in [0.3, 0.4) is 0 Å². The van der Waals surface area contributed by atoms with Crippen molar-refractivity contribution < 1.29 is 18.7 Å². The number of nitrogens with one attached hydrogen (secondary N) is 2. The first-order valence-corrected chi connectivity index (χ1v) is 5.98. The van der Waals surface area contributed by atoms with Crippen molar-refractivity contribution in [3.63, 3.8) is 0 Å². The highest BCUT2D eigenvalue weighted by atomic mass is 79.9. The molecule has 0 radical (unpaired) electrons. The van der Waals surface area contributed by atoms with Gasteiger partial charge in [0.25, 0.3) is 5.92 Å². The van der Waals surface area contributed by atoms with Gasteiger partial charge in [-0.2, -0.15) is 0 Å². The monoisotopic (exact) mass is 322 g/mol. The van der Waals surface area contributed by atoms with Crippen LogP contribution < -0.4 is 10.6 Å². The van der Waals surface area contributed by atoms with Gasteiger partial charge in [0.2, 0.25) is 5.91 Å². The molecule has 1 rings (SSSR count). The molecule has 0 atom stereocenters. The van der Waals surface area contributed by atoms with Crippen molar-refractivity contribution in [1.82, 2.24) is 5.32 Å². The Kier molecular flexibility index (Phi) is 5.64. The van der Waals surface area contributed by atoms with Gasteiger partial charge in [0, 0.05) is 4.47 Å². The van der Waals surface area contributed by atoms with Crippen LogP contribution in [-0.4, -0.2) is 36.6 Å². The number of aliphatic hydroxyl groups is 1. The normalized spacial score (nSPS) is 11.3. The molecule has 0 aliphatic heterocycles. The van der Waals surface area contributed by atoms with Crippen LogP contribution in [-0.2, 0) is 4.79 Å². The molecule has 0 aliphatic carbocycles. The summed E-state index contributed by atoms with van der Waals surface area (Å²) in [4.78, 5) is 11.4. The summed E-state index contributed by atoms with van der Waals surface area (Å²) in [5.74, 6) is -3.65. The Bertz CT molecular complexity index is 416. The van der Waals surface area contributed by atoms with Crippen LogP contribution in [0.4, 0.5) is 14.5 Å². The van der Waals surface area contributed by atoms with E-state index in [1.165, 1.54) is 0 Å². The number of para-hydroxylation sites is 1. The fraction of sp³-hybridized carbons (Fsp3) is 0.364. The molecular formula is C11H13BrF2N2O2. The van der Waals surface area contributed by atoms with E-state index in [4.69, 9.17) is 5.11 Å². The second-order valence-electron chi connectivity index (χ2n) is 3.65. The first-order valence-electron chi connectivity index (χ1n) is 5.18. The summed E-state index contributed by atoms with van der Waals surface area (Å²) in [7, 11) is 0. The van der Waals surface area contributed by atoms with Crippen LogP contribution in [0.1, 0.15) is 0 Å². The van der Waals surface area contributed by atoms with Crippen LogP contribution in [0.2, 0.25) is 0 Å². The third-order valence-corrected chi connectivity index (χ3v) is 2.74. The topological polar surface area (TPSA) is 61.4 Å². The molecule has 0 aromatic heterocycles. The Balaban J connectivity index is 2.37. The Morgan fingerprint density at radius 3 is 2.67 bits per heavy atom. The number of anilines is 1. The summed E-state index contributed by atoms with van der Waals surface area (Å²) < 4.78 is 26.0. The highest BCUT2D eigenvalue weighted by Crippen LogP contribution is 2.20. The molecule has 0 saturated heterocycles. The van der Waals surface area contributed by atoms with Gasteiger partial charge >= 0.3 is 0 Å². The lowest BCUT2D eigenvalue weighted by atomic mass is 10.3. The summed E-state index contributed by atoms with van der Waals surface area (Å²) in [6, 6.07) is 6.97. The summed E-state index contributed by atoms with van der Waals surface area (Å²) in [6.45, 7) is -2.24. The van der Waals surface area contributed by atoms with Gasteiger partial charge in [-0.15, -0.1) is 0 Å².